The zero-order valence-corrected chi connectivity index (χ0v) is 15.1. The van der Waals surface area contributed by atoms with Gasteiger partial charge >= 0.3 is 6.03 Å². The molecule has 1 aromatic heterocycles. The number of hydrogen-bond donors (Lipinski definition) is 2. The third-order valence-corrected chi connectivity index (χ3v) is 4.33. The van der Waals surface area contributed by atoms with E-state index in [0.717, 1.165) is 11.0 Å². The molecule has 0 fully saturated rings. The van der Waals surface area contributed by atoms with E-state index in [4.69, 9.17) is 0 Å². The van der Waals surface area contributed by atoms with E-state index in [2.05, 4.69) is 15.6 Å². The molecule has 3 amide bonds. The summed E-state index contributed by atoms with van der Waals surface area (Å²) in [6.45, 7) is 8.90. The first-order valence-corrected chi connectivity index (χ1v) is 8.72. The van der Waals surface area contributed by atoms with Gasteiger partial charge in [-0.2, -0.15) is 0 Å². The van der Waals surface area contributed by atoms with Crippen LogP contribution in [0.3, 0.4) is 0 Å². The van der Waals surface area contributed by atoms with Crippen LogP contribution in [0.15, 0.2) is 24.3 Å². The first-order chi connectivity index (χ1) is 11.9. The summed E-state index contributed by atoms with van der Waals surface area (Å²) in [6, 6.07) is 7.00. The fraction of sp³-hybridized carbons (Fsp3) is 0.500. The summed E-state index contributed by atoms with van der Waals surface area (Å²) in [7, 11) is 0. The lowest BCUT2D eigenvalue weighted by molar-refractivity contribution is -0.124. The van der Waals surface area contributed by atoms with Crippen molar-refractivity contribution in [3.05, 3.63) is 24.3 Å². The summed E-state index contributed by atoms with van der Waals surface area (Å²) in [4.78, 5) is 31.3. The predicted molar refractivity (Wildman–Crippen MR) is 97.5 cm³/mol. The van der Waals surface area contributed by atoms with Crippen molar-refractivity contribution >= 4 is 28.9 Å². The second-order valence-electron chi connectivity index (χ2n) is 7.04. The van der Waals surface area contributed by atoms with Crippen molar-refractivity contribution in [3.8, 4) is 0 Å². The minimum Gasteiger partial charge on any atom is -0.352 e. The molecule has 0 aliphatic carbocycles. The molecule has 0 saturated heterocycles. The highest BCUT2D eigenvalue weighted by molar-refractivity contribution is 5.96. The number of nitrogens with one attached hydrogen (secondary N) is 2. The number of para-hydroxylation sites is 2. The molecule has 0 saturated carbocycles. The summed E-state index contributed by atoms with van der Waals surface area (Å²) < 4.78 is 2.04. The molecule has 3 rings (SSSR count). The number of anilines is 1. The van der Waals surface area contributed by atoms with Crippen LogP contribution in [0.25, 0.3) is 11.0 Å². The number of carbonyl (C=O) groups excluding carboxylic acids is 2. The first kappa shape index (κ1) is 17.3. The monoisotopic (exact) mass is 343 g/mol. The van der Waals surface area contributed by atoms with Gasteiger partial charge in [0.2, 0.25) is 11.9 Å². The minimum atomic E-state index is -0.576. The van der Waals surface area contributed by atoms with E-state index in [1.807, 2.05) is 56.5 Å². The molecule has 1 aliphatic rings. The standard InChI is InChI=1S/C18H25N5O2/c1-11(2)15(16(24)19-12(3)4)21-18(25)23-10-9-22-14-8-6-5-7-13(14)20-17(22)23/h5-8,11-12,15H,9-10H2,1-4H3,(H,19,24)(H,21,25)/t15-/m0/s1. The zero-order chi connectivity index (χ0) is 18.1. The zero-order valence-electron chi connectivity index (χ0n) is 15.1. The van der Waals surface area contributed by atoms with Gasteiger partial charge in [0.25, 0.3) is 0 Å². The quantitative estimate of drug-likeness (QED) is 0.892. The maximum Gasteiger partial charge on any atom is 0.324 e. The van der Waals surface area contributed by atoms with Crippen LogP contribution in [0.1, 0.15) is 27.7 Å². The van der Waals surface area contributed by atoms with Gasteiger partial charge < -0.3 is 15.2 Å². The van der Waals surface area contributed by atoms with Crippen molar-refractivity contribution in [2.24, 2.45) is 5.92 Å². The van der Waals surface area contributed by atoms with E-state index in [-0.39, 0.29) is 23.9 Å². The highest BCUT2D eigenvalue weighted by Crippen LogP contribution is 2.27. The van der Waals surface area contributed by atoms with Gasteiger partial charge in [0, 0.05) is 19.1 Å². The van der Waals surface area contributed by atoms with Crippen LogP contribution in [0, 0.1) is 5.92 Å². The Hall–Kier alpha value is -2.57. The molecule has 0 bridgehead atoms. The number of rotatable bonds is 4. The fourth-order valence-corrected chi connectivity index (χ4v) is 3.10. The predicted octanol–water partition coefficient (Wildman–Crippen LogP) is 2.12. The Bertz CT molecular complexity index is 796. The highest BCUT2D eigenvalue weighted by atomic mass is 16.2. The molecule has 1 atom stereocenters. The largest absolute Gasteiger partial charge is 0.352 e. The third-order valence-electron chi connectivity index (χ3n) is 4.33. The molecule has 2 aromatic rings. The Morgan fingerprint density at radius 2 is 1.80 bits per heavy atom. The van der Waals surface area contributed by atoms with E-state index in [0.29, 0.717) is 19.0 Å². The lowest BCUT2D eigenvalue weighted by Crippen LogP contribution is -2.54. The lowest BCUT2D eigenvalue weighted by atomic mass is 10.0. The number of amides is 3. The number of fused-ring (bicyclic) bond motifs is 3. The average molecular weight is 343 g/mol. The topological polar surface area (TPSA) is 79.3 Å². The molecule has 7 nitrogen and oxygen atoms in total. The van der Waals surface area contributed by atoms with E-state index < -0.39 is 6.04 Å². The van der Waals surface area contributed by atoms with Crippen molar-refractivity contribution in [1.82, 2.24) is 20.2 Å². The maximum atomic E-state index is 12.8. The van der Waals surface area contributed by atoms with Gasteiger partial charge in [-0.25, -0.2) is 9.78 Å². The molecule has 0 unspecified atom stereocenters. The Kier molecular flexibility index (Phi) is 4.65. The summed E-state index contributed by atoms with van der Waals surface area (Å²) in [5.41, 5.74) is 1.89. The van der Waals surface area contributed by atoms with Crippen molar-refractivity contribution in [1.29, 1.82) is 0 Å². The van der Waals surface area contributed by atoms with Crippen molar-refractivity contribution in [3.63, 3.8) is 0 Å². The molecule has 2 heterocycles. The van der Waals surface area contributed by atoms with Crippen LogP contribution < -0.4 is 15.5 Å². The second kappa shape index (κ2) is 6.74. The average Bonchev–Trinajstić information content (AvgIpc) is 3.10. The Balaban J connectivity index is 1.79. The summed E-state index contributed by atoms with van der Waals surface area (Å²) in [5.74, 6) is 0.459. The number of benzene rings is 1. The van der Waals surface area contributed by atoms with E-state index in [9.17, 15) is 9.59 Å². The normalized spacial score (nSPS) is 14.9. The number of nitrogens with zero attached hydrogens (tertiary/aromatic N) is 3. The molecular weight excluding hydrogens is 318 g/mol. The van der Waals surface area contributed by atoms with E-state index in [1.54, 1.807) is 4.90 Å². The number of urea groups is 1. The molecule has 0 radical (unpaired) electrons. The molecule has 2 N–H and O–H groups in total. The molecule has 7 heteroatoms. The van der Waals surface area contributed by atoms with Crippen molar-refractivity contribution in [2.75, 3.05) is 11.4 Å². The van der Waals surface area contributed by atoms with Gasteiger partial charge in [-0.15, -0.1) is 0 Å². The molecule has 0 spiro atoms. The van der Waals surface area contributed by atoms with Crippen LogP contribution in [0.4, 0.5) is 10.7 Å². The number of hydrogen-bond acceptors (Lipinski definition) is 3. The molecule has 1 aliphatic heterocycles. The number of imidazole rings is 1. The van der Waals surface area contributed by atoms with Crippen LogP contribution in [-0.2, 0) is 11.3 Å². The Morgan fingerprint density at radius 1 is 1.08 bits per heavy atom. The maximum absolute atomic E-state index is 12.8. The second-order valence-corrected chi connectivity index (χ2v) is 7.04. The van der Waals surface area contributed by atoms with Gasteiger partial charge in [0.1, 0.15) is 6.04 Å². The lowest BCUT2D eigenvalue weighted by Gasteiger charge is -2.25. The Labute approximate surface area is 147 Å². The van der Waals surface area contributed by atoms with Crippen LogP contribution in [-0.4, -0.2) is 40.1 Å². The van der Waals surface area contributed by atoms with Gasteiger partial charge in [0.15, 0.2) is 0 Å². The Morgan fingerprint density at radius 3 is 2.48 bits per heavy atom. The van der Waals surface area contributed by atoms with Crippen molar-refractivity contribution in [2.45, 2.75) is 46.3 Å². The number of carbonyl (C=O) groups is 2. The molecule has 134 valence electrons. The van der Waals surface area contributed by atoms with Crippen LogP contribution in [0.2, 0.25) is 0 Å². The number of aromatic nitrogens is 2. The van der Waals surface area contributed by atoms with Gasteiger partial charge in [-0.1, -0.05) is 26.0 Å². The van der Waals surface area contributed by atoms with Gasteiger partial charge in [0.05, 0.1) is 11.0 Å². The molecular formula is C18H25N5O2. The summed E-state index contributed by atoms with van der Waals surface area (Å²) in [6.07, 6.45) is 0. The van der Waals surface area contributed by atoms with Crippen LogP contribution in [0.5, 0.6) is 0 Å². The summed E-state index contributed by atoms with van der Waals surface area (Å²) >= 11 is 0. The molecule has 1 aromatic carbocycles. The van der Waals surface area contributed by atoms with Gasteiger partial charge in [-0.05, 0) is 31.9 Å². The van der Waals surface area contributed by atoms with Crippen molar-refractivity contribution < 1.29 is 9.59 Å². The van der Waals surface area contributed by atoms with Crippen LogP contribution >= 0.6 is 0 Å². The highest BCUT2D eigenvalue weighted by Gasteiger charge is 2.32. The first-order valence-electron chi connectivity index (χ1n) is 8.72. The molecule has 25 heavy (non-hydrogen) atoms. The summed E-state index contributed by atoms with van der Waals surface area (Å²) in [5, 5.41) is 5.74. The third kappa shape index (κ3) is 3.31. The SMILES string of the molecule is CC(C)NC(=O)[C@@H](NC(=O)N1CCn2c1nc1ccccc12)C(C)C. The van der Waals surface area contributed by atoms with Gasteiger partial charge in [-0.3, -0.25) is 9.69 Å². The fourth-order valence-electron chi connectivity index (χ4n) is 3.10. The smallest absolute Gasteiger partial charge is 0.324 e. The minimum absolute atomic E-state index is 0.0101. The van der Waals surface area contributed by atoms with E-state index in [1.165, 1.54) is 0 Å². The van der Waals surface area contributed by atoms with E-state index >= 15 is 0 Å².